The Morgan fingerprint density at radius 1 is 1.15 bits per heavy atom. The third-order valence-corrected chi connectivity index (χ3v) is 3.38. The predicted molar refractivity (Wildman–Crippen MR) is 77.9 cm³/mol. The lowest BCUT2D eigenvalue weighted by Crippen LogP contribution is -2.03. The molecule has 0 saturated carbocycles. The molecule has 0 N–H and O–H groups in total. The second-order valence-corrected chi connectivity index (χ2v) is 4.71. The van der Waals surface area contributed by atoms with Crippen LogP contribution in [0.15, 0.2) is 53.1 Å². The summed E-state index contributed by atoms with van der Waals surface area (Å²) in [7, 11) is 0. The van der Waals surface area contributed by atoms with Gasteiger partial charge >= 0.3 is 0 Å². The summed E-state index contributed by atoms with van der Waals surface area (Å²) in [6, 6.07) is 13.4. The van der Waals surface area contributed by atoms with E-state index in [0.717, 1.165) is 28.6 Å². The van der Waals surface area contributed by atoms with Gasteiger partial charge in [0.05, 0.1) is 5.52 Å². The monoisotopic (exact) mass is 265 g/mol. The number of aryl methyl sites for hydroxylation is 1. The van der Waals surface area contributed by atoms with Crippen molar-refractivity contribution in [3.05, 3.63) is 65.7 Å². The molecule has 0 fully saturated rings. The van der Waals surface area contributed by atoms with Crippen LogP contribution in [0, 0.1) is 0 Å². The van der Waals surface area contributed by atoms with Gasteiger partial charge in [-0.2, -0.15) is 0 Å². The summed E-state index contributed by atoms with van der Waals surface area (Å²) in [6.45, 7) is 2.00. The Kier molecular flexibility index (Phi) is 3.33. The molecule has 0 unspecified atom stereocenters. The largest absolute Gasteiger partial charge is 0.458 e. The Bertz CT molecular complexity index is 753. The lowest BCUT2D eigenvalue weighted by molar-refractivity contribution is 0.0965. The molecular weight excluding hydrogens is 250 g/mol. The minimum Gasteiger partial charge on any atom is -0.458 e. The minimum absolute atomic E-state index is 0.000975. The summed E-state index contributed by atoms with van der Waals surface area (Å²) in [5.41, 5.74) is 1.89. The Labute approximate surface area is 117 Å². The number of furan rings is 1. The lowest BCUT2D eigenvalue weighted by Gasteiger charge is -2.04. The third-order valence-electron chi connectivity index (χ3n) is 3.38. The average Bonchev–Trinajstić information content (AvgIpc) is 2.97. The molecule has 3 nitrogen and oxygen atoms in total. The number of benzene rings is 1. The van der Waals surface area contributed by atoms with Crippen LogP contribution >= 0.6 is 0 Å². The van der Waals surface area contributed by atoms with Gasteiger partial charge in [-0.1, -0.05) is 25.1 Å². The number of Topliss-reactive ketones (excluding diaryl/α,β-unsaturated/α-hetero) is 1. The number of fused-ring (bicyclic) bond motifs is 1. The maximum absolute atomic E-state index is 12.3. The van der Waals surface area contributed by atoms with E-state index in [-0.39, 0.29) is 5.78 Å². The highest BCUT2D eigenvalue weighted by molar-refractivity contribution is 5.97. The minimum atomic E-state index is 0.000975. The number of rotatable bonds is 4. The van der Waals surface area contributed by atoms with E-state index in [1.807, 2.05) is 43.3 Å². The summed E-state index contributed by atoms with van der Waals surface area (Å²) in [6.07, 6.45) is 2.87. The first kappa shape index (κ1) is 12.6. The van der Waals surface area contributed by atoms with Crippen molar-refractivity contribution in [3.8, 4) is 0 Å². The zero-order valence-corrected chi connectivity index (χ0v) is 11.3. The Morgan fingerprint density at radius 3 is 2.80 bits per heavy atom. The number of carbonyl (C=O) groups excluding carboxylic acids is 1. The average molecular weight is 265 g/mol. The van der Waals surface area contributed by atoms with Gasteiger partial charge < -0.3 is 4.42 Å². The first-order valence-corrected chi connectivity index (χ1v) is 6.72. The molecule has 3 rings (SSSR count). The third kappa shape index (κ3) is 2.35. The van der Waals surface area contributed by atoms with E-state index in [4.69, 9.17) is 4.42 Å². The van der Waals surface area contributed by atoms with Crippen molar-refractivity contribution < 1.29 is 9.21 Å². The molecule has 100 valence electrons. The van der Waals surface area contributed by atoms with Crippen molar-refractivity contribution >= 4 is 16.7 Å². The van der Waals surface area contributed by atoms with Gasteiger partial charge in [0.15, 0.2) is 5.76 Å². The van der Waals surface area contributed by atoms with Gasteiger partial charge in [0.25, 0.3) is 0 Å². The molecule has 20 heavy (non-hydrogen) atoms. The van der Waals surface area contributed by atoms with Crippen molar-refractivity contribution in [2.24, 2.45) is 0 Å². The molecular formula is C17H15NO2. The second kappa shape index (κ2) is 5.29. The summed E-state index contributed by atoms with van der Waals surface area (Å²) < 4.78 is 5.51. The lowest BCUT2D eigenvalue weighted by atomic mass is 10.0. The maximum atomic E-state index is 12.3. The van der Waals surface area contributed by atoms with Crippen molar-refractivity contribution in [1.29, 1.82) is 0 Å². The number of pyridine rings is 1. The fraction of sp³-hybridized carbons (Fsp3) is 0.176. The molecule has 0 bridgehead atoms. The first-order chi connectivity index (χ1) is 9.78. The normalized spacial score (nSPS) is 10.8. The van der Waals surface area contributed by atoms with Crippen LogP contribution in [0.3, 0.4) is 0 Å². The van der Waals surface area contributed by atoms with Crippen molar-refractivity contribution in [2.45, 2.75) is 19.8 Å². The van der Waals surface area contributed by atoms with Gasteiger partial charge in [0, 0.05) is 24.4 Å². The standard InChI is InChI=1S/C17H15NO2/c1-2-13-7-8-17(20-13)16(19)11-12-9-10-18-15-6-4-3-5-14(12)15/h3-10H,2,11H2,1H3. The molecule has 0 aliphatic rings. The van der Waals surface area contributed by atoms with Crippen LogP contribution in [0.25, 0.3) is 10.9 Å². The van der Waals surface area contributed by atoms with Crippen LogP contribution in [0.4, 0.5) is 0 Å². The predicted octanol–water partition coefficient (Wildman–Crippen LogP) is 3.82. The van der Waals surface area contributed by atoms with Gasteiger partial charge in [-0.3, -0.25) is 9.78 Å². The van der Waals surface area contributed by atoms with Gasteiger partial charge in [0.2, 0.25) is 5.78 Å². The number of hydrogen-bond donors (Lipinski definition) is 0. The fourth-order valence-corrected chi connectivity index (χ4v) is 2.29. The van der Waals surface area contributed by atoms with Crippen molar-refractivity contribution in [3.63, 3.8) is 0 Å². The van der Waals surface area contributed by atoms with Crippen LogP contribution in [-0.4, -0.2) is 10.8 Å². The molecule has 3 heteroatoms. The second-order valence-electron chi connectivity index (χ2n) is 4.71. The molecule has 0 radical (unpaired) electrons. The highest BCUT2D eigenvalue weighted by atomic mass is 16.3. The van der Waals surface area contributed by atoms with E-state index in [2.05, 4.69) is 4.98 Å². The van der Waals surface area contributed by atoms with E-state index < -0.39 is 0 Å². The van der Waals surface area contributed by atoms with Gasteiger partial charge in [0.1, 0.15) is 5.76 Å². The Morgan fingerprint density at radius 2 is 2.00 bits per heavy atom. The van der Waals surface area contributed by atoms with Crippen molar-refractivity contribution in [2.75, 3.05) is 0 Å². The molecule has 0 saturated heterocycles. The summed E-state index contributed by atoms with van der Waals surface area (Å²) >= 11 is 0. The summed E-state index contributed by atoms with van der Waals surface area (Å²) in [5, 5.41) is 1.02. The van der Waals surface area contributed by atoms with Crippen molar-refractivity contribution in [1.82, 2.24) is 4.98 Å². The van der Waals surface area contributed by atoms with E-state index in [9.17, 15) is 4.79 Å². The molecule has 2 aromatic heterocycles. The molecule has 0 amide bonds. The molecule has 3 aromatic rings. The Hall–Kier alpha value is -2.42. The highest BCUT2D eigenvalue weighted by Crippen LogP contribution is 2.19. The smallest absolute Gasteiger partial charge is 0.202 e. The topological polar surface area (TPSA) is 43.1 Å². The number of nitrogens with zero attached hydrogens (tertiary/aromatic N) is 1. The quantitative estimate of drug-likeness (QED) is 0.673. The zero-order chi connectivity index (χ0) is 13.9. The zero-order valence-electron chi connectivity index (χ0n) is 11.3. The number of para-hydroxylation sites is 1. The van der Waals surface area contributed by atoms with Crippen LogP contribution in [-0.2, 0) is 12.8 Å². The molecule has 1 aromatic carbocycles. The number of ketones is 1. The maximum Gasteiger partial charge on any atom is 0.202 e. The number of hydrogen-bond acceptors (Lipinski definition) is 3. The highest BCUT2D eigenvalue weighted by Gasteiger charge is 2.13. The molecule has 0 spiro atoms. The van der Waals surface area contributed by atoms with Crippen LogP contribution in [0.5, 0.6) is 0 Å². The SMILES string of the molecule is CCc1ccc(C(=O)Cc2ccnc3ccccc23)o1. The van der Waals surface area contributed by atoms with Gasteiger partial charge in [-0.05, 0) is 29.8 Å². The molecule has 0 aliphatic heterocycles. The first-order valence-electron chi connectivity index (χ1n) is 6.72. The van der Waals surface area contributed by atoms with E-state index in [1.165, 1.54) is 0 Å². The Balaban J connectivity index is 1.91. The summed E-state index contributed by atoms with van der Waals surface area (Å²) in [4.78, 5) is 16.6. The van der Waals surface area contributed by atoms with Gasteiger partial charge in [-0.15, -0.1) is 0 Å². The van der Waals surface area contributed by atoms with Gasteiger partial charge in [-0.25, -0.2) is 0 Å². The van der Waals surface area contributed by atoms with Crippen LogP contribution < -0.4 is 0 Å². The molecule has 0 aliphatic carbocycles. The molecule has 0 atom stereocenters. The van der Waals surface area contributed by atoms with E-state index in [0.29, 0.717) is 12.2 Å². The van der Waals surface area contributed by atoms with E-state index in [1.54, 1.807) is 12.3 Å². The van der Waals surface area contributed by atoms with Crippen LogP contribution in [0.2, 0.25) is 0 Å². The number of aromatic nitrogens is 1. The van der Waals surface area contributed by atoms with E-state index >= 15 is 0 Å². The van der Waals surface area contributed by atoms with Crippen LogP contribution in [0.1, 0.15) is 28.8 Å². The number of carbonyl (C=O) groups is 1. The molecule has 2 heterocycles. The fourth-order valence-electron chi connectivity index (χ4n) is 2.29. The summed E-state index contributed by atoms with van der Waals surface area (Å²) in [5.74, 6) is 1.27.